The molecule has 1 aliphatic carbocycles. The van der Waals surface area contributed by atoms with Gasteiger partial charge >= 0.3 is 6.18 Å². The second-order valence-electron chi connectivity index (χ2n) is 9.91. The van der Waals surface area contributed by atoms with Crippen LogP contribution < -0.4 is 16.0 Å². The van der Waals surface area contributed by atoms with Crippen molar-refractivity contribution in [2.45, 2.75) is 16.4 Å². The molecule has 0 saturated heterocycles. The number of hydrogen-bond donors (Lipinski definition) is 3. The number of alkyl halides is 5. The molecule has 0 unspecified atom stereocenters. The van der Waals surface area contributed by atoms with Crippen molar-refractivity contribution in [2.24, 2.45) is 5.92 Å². The van der Waals surface area contributed by atoms with Crippen LogP contribution in [0.15, 0.2) is 48.5 Å². The molecule has 1 fully saturated rings. The van der Waals surface area contributed by atoms with Crippen molar-refractivity contribution >= 4 is 79.4 Å². The quantitative estimate of drug-likeness (QED) is 0.181. The molecule has 0 heterocycles. The number of nitrogens with one attached hydrogen (secondary N) is 3. The molecule has 0 aromatic heterocycles. The third-order valence-electron chi connectivity index (χ3n) is 6.47. The molecule has 45 heavy (non-hydrogen) atoms. The molecule has 3 amide bonds. The minimum Gasteiger partial charge on any atom is -0.326 e. The Morgan fingerprint density at radius 1 is 0.911 bits per heavy atom. The SMILES string of the molecule is CS(=O)(=O)CC(=O)Nc1c(F)ccc(NC(=O)c2cc(NC(=O)[C@H]3[C@H](c4ccc(F)c(C(F)(F)F)c4)C3(Cl)Cl)ccc2Cl)c1F. The molecule has 0 radical (unpaired) electrons. The standard InChI is InChI=1S/C27H18Cl3F6N3O5S/c1-45(43,44)10-19(40)39-23-17(32)6-7-18(22(23)33)38-24(41)13-9-12(3-4-15(13)28)37-25(42)21-20(26(21,29)30)11-2-5-16(31)14(8-11)27(34,35)36/h2-9,20-21H,10H2,1H3,(H,37,42)(H,38,41)(H,39,40)/t20-,21+/m0/s1. The zero-order valence-corrected chi connectivity index (χ0v) is 25.4. The maximum absolute atomic E-state index is 15.0. The summed E-state index contributed by atoms with van der Waals surface area (Å²) in [6.07, 6.45) is -4.28. The van der Waals surface area contributed by atoms with E-state index in [1.54, 1.807) is 5.32 Å². The number of carbonyl (C=O) groups excluding carboxylic acids is 3. The largest absolute Gasteiger partial charge is 0.419 e. The second kappa shape index (κ2) is 12.3. The van der Waals surface area contributed by atoms with Gasteiger partial charge in [0.05, 0.1) is 27.8 Å². The van der Waals surface area contributed by atoms with Crippen molar-refractivity contribution in [3.8, 4) is 0 Å². The summed E-state index contributed by atoms with van der Waals surface area (Å²) in [6.45, 7) is 0. The molecule has 0 bridgehead atoms. The maximum atomic E-state index is 15.0. The van der Waals surface area contributed by atoms with Crippen molar-refractivity contribution in [3.63, 3.8) is 0 Å². The van der Waals surface area contributed by atoms with Gasteiger partial charge < -0.3 is 16.0 Å². The van der Waals surface area contributed by atoms with E-state index in [9.17, 15) is 49.1 Å². The number of sulfone groups is 1. The van der Waals surface area contributed by atoms with Crippen LogP contribution in [0.5, 0.6) is 0 Å². The van der Waals surface area contributed by atoms with E-state index in [2.05, 4.69) is 10.6 Å². The van der Waals surface area contributed by atoms with Crippen molar-refractivity contribution < 1.29 is 49.1 Å². The van der Waals surface area contributed by atoms with E-state index in [1.165, 1.54) is 12.1 Å². The highest BCUT2D eigenvalue weighted by Gasteiger charge is 2.67. The van der Waals surface area contributed by atoms with E-state index in [0.29, 0.717) is 18.2 Å². The highest BCUT2D eigenvalue weighted by atomic mass is 35.5. The molecular weight excluding hydrogens is 699 g/mol. The smallest absolute Gasteiger partial charge is 0.326 e. The lowest BCUT2D eigenvalue weighted by Gasteiger charge is -2.13. The highest BCUT2D eigenvalue weighted by Crippen LogP contribution is 2.65. The van der Waals surface area contributed by atoms with E-state index in [-0.39, 0.29) is 21.8 Å². The van der Waals surface area contributed by atoms with Gasteiger partial charge in [0, 0.05) is 17.9 Å². The summed E-state index contributed by atoms with van der Waals surface area (Å²) in [5.41, 5.74) is -3.75. The summed E-state index contributed by atoms with van der Waals surface area (Å²) in [4.78, 5) is 37.8. The summed E-state index contributed by atoms with van der Waals surface area (Å²) in [7, 11) is -3.83. The average molecular weight is 717 g/mol. The van der Waals surface area contributed by atoms with Crippen LogP contribution in [0.4, 0.5) is 43.4 Å². The van der Waals surface area contributed by atoms with Crippen LogP contribution in [0.1, 0.15) is 27.4 Å². The predicted molar refractivity (Wildman–Crippen MR) is 155 cm³/mol. The Morgan fingerprint density at radius 3 is 2.18 bits per heavy atom. The molecule has 1 saturated carbocycles. The van der Waals surface area contributed by atoms with Crippen molar-refractivity contribution in [1.29, 1.82) is 0 Å². The first kappa shape index (κ1) is 34.3. The third kappa shape index (κ3) is 7.65. The average Bonchev–Trinajstić information content (AvgIpc) is 3.49. The van der Waals surface area contributed by atoms with Crippen LogP contribution in [0.2, 0.25) is 5.02 Å². The van der Waals surface area contributed by atoms with Crippen LogP contribution in [0, 0.1) is 23.4 Å². The number of anilines is 3. The molecule has 240 valence electrons. The lowest BCUT2D eigenvalue weighted by Crippen LogP contribution is -2.23. The van der Waals surface area contributed by atoms with Gasteiger partial charge in [-0.1, -0.05) is 17.7 Å². The van der Waals surface area contributed by atoms with Crippen LogP contribution in [0.3, 0.4) is 0 Å². The van der Waals surface area contributed by atoms with Gasteiger partial charge in [-0.25, -0.2) is 21.6 Å². The molecular formula is C27H18Cl3F6N3O5S. The molecule has 3 aromatic rings. The van der Waals surface area contributed by atoms with E-state index in [4.69, 9.17) is 34.8 Å². The van der Waals surface area contributed by atoms with Crippen LogP contribution in [-0.4, -0.2) is 42.5 Å². The van der Waals surface area contributed by atoms with Crippen LogP contribution in [0.25, 0.3) is 0 Å². The van der Waals surface area contributed by atoms with Crippen LogP contribution in [-0.2, 0) is 25.6 Å². The zero-order valence-electron chi connectivity index (χ0n) is 22.3. The molecule has 0 spiro atoms. The summed E-state index contributed by atoms with van der Waals surface area (Å²) in [6, 6.07) is 7.12. The molecule has 4 rings (SSSR count). The molecule has 3 aromatic carbocycles. The second-order valence-corrected chi connectivity index (χ2v) is 13.9. The highest BCUT2D eigenvalue weighted by molar-refractivity contribution is 7.91. The van der Waals surface area contributed by atoms with Gasteiger partial charge in [0.2, 0.25) is 11.8 Å². The Balaban J connectivity index is 1.52. The molecule has 2 atom stereocenters. The molecule has 1 aliphatic rings. The fourth-order valence-corrected chi connectivity index (χ4v) is 5.97. The van der Waals surface area contributed by atoms with Gasteiger partial charge in [0.15, 0.2) is 15.7 Å². The Hall–Kier alpha value is -3.53. The first-order chi connectivity index (χ1) is 20.7. The first-order valence-corrected chi connectivity index (χ1v) is 15.5. The normalized spacial score (nSPS) is 17.4. The Kier molecular flexibility index (Phi) is 9.42. The first-order valence-electron chi connectivity index (χ1n) is 12.3. The summed E-state index contributed by atoms with van der Waals surface area (Å²) >= 11 is 18.5. The number of hydrogen-bond acceptors (Lipinski definition) is 5. The number of halogens is 9. The summed E-state index contributed by atoms with van der Waals surface area (Å²) < 4.78 is 103. The Bertz CT molecular complexity index is 1840. The Morgan fingerprint density at radius 2 is 1.56 bits per heavy atom. The van der Waals surface area contributed by atoms with Crippen molar-refractivity contribution in [2.75, 3.05) is 28.0 Å². The van der Waals surface area contributed by atoms with E-state index in [0.717, 1.165) is 24.5 Å². The monoisotopic (exact) mass is 715 g/mol. The van der Waals surface area contributed by atoms with Gasteiger partial charge in [0.25, 0.3) is 5.91 Å². The fourth-order valence-electron chi connectivity index (χ4n) is 4.39. The molecule has 18 heteroatoms. The number of amides is 3. The molecule has 0 aliphatic heterocycles. The molecule has 8 nitrogen and oxygen atoms in total. The summed E-state index contributed by atoms with van der Waals surface area (Å²) in [5, 5.41) is 6.14. The Labute approximate surface area is 265 Å². The topological polar surface area (TPSA) is 121 Å². The van der Waals surface area contributed by atoms with E-state index >= 15 is 0 Å². The van der Waals surface area contributed by atoms with Gasteiger partial charge in [-0.2, -0.15) is 13.2 Å². The van der Waals surface area contributed by atoms with Gasteiger partial charge in [0.1, 0.15) is 27.4 Å². The summed E-state index contributed by atoms with van der Waals surface area (Å²) in [5.74, 6) is -10.9. The fraction of sp³-hybridized carbons (Fsp3) is 0.222. The van der Waals surface area contributed by atoms with Crippen molar-refractivity contribution in [3.05, 3.63) is 87.7 Å². The lowest BCUT2D eigenvalue weighted by atomic mass is 10.0. The number of rotatable bonds is 8. The van der Waals surface area contributed by atoms with Gasteiger partial charge in [-0.3, -0.25) is 14.4 Å². The number of carbonyl (C=O) groups is 3. The van der Waals surface area contributed by atoms with E-state index < -0.39 is 90.0 Å². The van der Waals surface area contributed by atoms with E-state index in [1.807, 2.05) is 0 Å². The minimum absolute atomic E-state index is 0.0623. The lowest BCUT2D eigenvalue weighted by molar-refractivity contribution is -0.140. The third-order valence-corrected chi connectivity index (χ3v) is 8.52. The number of benzene rings is 3. The molecule has 3 N–H and O–H groups in total. The van der Waals surface area contributed by atoms with Crippen molar-refractivity contribution in [1.82, 2.24) is 0 Å². The zero-order chi connectivity index (χ0) is 33.6. The maximum Gasteiger partial charge on any atom is 0.419 e. The van der Waals surface area contributed by atoms with Gasteiger partial charge in [-0.05, 0) is 48.0 Å². The predicted octanol–water partition coefficient (Wildman–Crippen LogP) is 6.54. The minimum atomic E-state index is -5.02. The van der Waals surface area contributed by atoms with Gasteiger partial charge in [-0.15, -0.1) is 23.2 Å². The van der Waals surface area contributed by atoms with Crippen LogP contribution >= 0.6 is 34.8 Å².